The smallest absolute Gasteiger partial charge is 0.137 e. The summed E-state index contributed by atoms with van der Waals surface area (Å²) in [5.74, 6) is 0.841. The average molecular weight is 248 g/mol. The van der Waals surface area contributed by atoms with E-state index in [2.05, 4.69) is 38.1 Å². The predicted octanol–water partition coefficient (Wildman–Crippen LogP) is 3.74. The molecule has 1 aromatic carbocycles. The van der Waals surface area contributed by atoms with Crippen LogP contribution in [-0.4, -0.2) is 19.0 Å². The molecule has 0 aromatic heterocycles. The van der Waals surface area contributed by atoms with Crippen molar-refractivity contribution in [1.29, 1.82) is 0 Å². The minimum absolute atomic E-state index is 0.298. The molecule has 18 heavy (non-hydrogen) atoms. The van der Waals surface area contributed by atoms with Crippen molar-refractivity contribution in [2.45, 2.75) is 46.0 Å². The van der Waals surface area contributed by atoms with Crippen LogP contribution in [0.1, 0.15) is 50.7 Å². The molecule has 0 aliphatic heterocycles. The van der Waals surface area contributed by atoms with Gasteiger partial charge in [-0.25, -0.2) is 0 Å². The number of carbonyl (C=O) groups is 1. The second-order valence-corrected chi connectivity index (χ2v) is 4.91. The summed E-state index contributed by atoms with van der Waals surface area (Å²) in [6.45, 7) is 7.74. The van der Waals surface area contributed by atoms with Crippen molar-refractivity contribution in [3.63, 3.8) is 0 Å². The van der Waals surface area contributed by atoms with Gasteiger partial charge in [-0.15, -0.1) is 0 Å². The lowest BCUT2D eigenvalue weighted by atomic mass is 9.99. The van der Waals surface area contributed by atoms with Crippen molar-refractivity contribution in [3.05, 3.63) is 35.4 Å². The molecule has 0 atom stereocenters. The summed E-state index contributed by atoms with van der Waals surface area (Å²) >= 11 is 0. The molecule has 0 N–H and O–H groups in total. The standard InChI is InChI=1S/C16H24O2/c1-4-18-11-5-6-16(17)12-14-7-9-15(10-8-14)13(2)3/h7-10,13H,4-6,11-12H2,1-3H3. The minimum atomic E-state index is 0.298. The van der Waals surface area contributed by atoms with Crippen LogP contribution in [0.25, 0.3) is 0 Å². The maximum atomic E-state index is 11.7. The average Bonchev–Trinajstić information content (AvgIpc) is 2.35. The van der Waals surface area contributed by atoms with E-state index in [0.29, 0.717) is 31.1 Å². The molecular formula is C16H24O2. The molecular weight excluding hydrogens is 224 g/mol. The molecule has 0 fully saturated rings. The summed E-state index contributed by atoms with van der Waals surface area (Å²) < 4.78 is 5.22. The van der Waals surface area contributed by atoms with Gasteiger partial charge in [-0.1, -0.05) is 38.1 Å². The van der Waals surface area contributed by atoms with Crippen LogP contribution >= 0.6 is 0 Å². The molecule has 0 spiro atoms. The van der Waals surface area contributed by atoms with Crippen LogP contribution in [0.3, 0.4) is 0 Å². The monoisotopic (exact) mass is 248 g/mol. The highest BCUT2D eigenvalue weighted by Gasteiger charge is 2.04. The van der Waals surface area contributed by atoms with Crippen LogP contribution in [0.15, 0.2) is 24.3 Å². The zero-order chi connectivity index (χ0) is 13.4. The molecule has 0 heterocycles. The van der Waals surface area contributed by atoms with Gasteiger partial charge in [-0.2, -0.15) is 0 Å². The van der Waals surface area contributed by atoms with Crippen molar-refractivity contribution < 1.29 is 9.53 Å². The molecule has 0 saturated carbocycles. The number of ketones is 1. The van der Waals surface area contributed by atoms with Gasteiger partial charge in [0.05, 0.1) is 0 Å². The number of benzene rings is 1. The van der Waals surface area contributed by atoms with Crippen molar-refractivity contribution in [2.75, 3.05) is 13.2 Å². The molecule has 1 aromatic rings. The molecule has 100 valence electrons. The van der Waals surface area contributed by atoms with E-state index in [4.69, 9.17) is 4.74 Å². The molecule has 0 radical (unpaired) electrons. The van der Waals surface area contributed by atoms with Crippen molar-refractivity contribution >= 4 is 5.78 Å². The minimum Gasteiger partial charge on any atom is -0.382 e. The van der Waals surface area contributed by atoms with Gasteiger partial charge >= 0.3 is 0 Å². The van der Waals surface area contributed by atoms with E-state index >= 15 is 0 Å². The zero-order valence-corrected chi connectivity index (χ0v) is 11.7. The highest BCUT2D eigenvalue weighted by Crippen LogP contribution is 2.15. The van der Waals surface area contributed by atoms with E-state index in [1.165, 1.54) is 5.56 Å². The fraction of sp³-hybridized carbons (Fsp3) is 0.562. The molecule has 0 amide bonds. The van der Waals surface area contributed by atoms with Gasteiger partial charge in [0.1, 0.15) is 5.78 Å². The number of ether oxygens (including phenoxy) is 1. The lowest BCUT2D eigenvalue weighted by molar-refractivity contribution is -0.118. The second kappa shape index (κ2) is 8.04. The first-order valence-electron chi connectivity index (χ1n) is 6.81. The highest BCUT2D eigenvalue weighted by atomic mass is 16.5. The van der Waals surface area contributed by atoms with Crippen molar-refractivity contribution in [2.24, 2.45) is 0 Å². The zero-order valence-electron chi connectivity index (χ0n) is 11.7. The lowest BCUT2D eigenvalue weighted by Gasteiger charge is -2.06. The van der Waals surface area contributed by atoms with E-state index in [0.717, 1.165) is 18.6 Å². The molecule has 0 saturated heterocycles. The molecule has 0 aliphatic rings. The summed E-state index contributed by atoms with van der Waals surface area (Å²) in [5.41, 5.74) is 2.43. The Morgan fingerprint density at radius 2 is 1.89 bits per heavy atom. The summed E-state index contributed by atoms with van der Waals surface area (Å²) in [4.78, 5) is 11.7. The quantitative estimate of drug-likeness (QED) is 0.655. The van der Waals surface area contributed by atoms with Gasteiger partial charge in [0.15, 0.2) is 0 Å². The predicted molar refractivity (Wildman–Crippen MR) is 75.0 cm³/mol. The summed E-state index contributed by atoms with van der Waals surface area (Å²) in [7, 11) is 0. The second-order valence-electron chi connectivity index (χ2n) is 4.91. The van der Waals surface area contributed by atoms with Gasteiger partial charge in [0.25, 0.3) is 0 Å². The number of carbonyl (C=O) groups excluding carboxylic acids is 1. The van der Waals surface area contributed by atoms with E-state index in [9.17, 15) is 4.79 Å². The van der Waals surface area contributed by atoms with Crippen LogP contribution < -0.4 is 0 Å². The van der Waals surface area contributed by atoms with Gasteiger partial charge in [0.2, 0.25) is 0 Å². The number of hydrogen-bond acceptors (Lipinski definition) is 2. The largest absolute Gasteiger partial charge is 0.382 e. The summed E-state index contributed by atoms with van der Waals surface area (Å²) in [5, 5.41) is 0. The van der Waals surface area contributed by atoms with Crippen LogP contribution in [0, 0.1) is 0 Å². The Morgan fingerprint density at radius 3 is 2.44 bits per heavy atom. The molecule has 0 unspecified atom stereocenters. The topological polar surface area (TPSA) is 26.3 Å². The summed E-state index contributed by atoms with van der Waals surface area (Å²) in [6.07, 6.45) is 1.99. The van der Waals surface area contributed by atoms with Gasteiger partial charge < -0.3 is 4.74 Å². The highest BCUT2D eigenvalue weighted by molar-refractivity contribution is 5.80. The number of hydrogen-bond donors (Lipinski definition) is 0. The maximum absolute atomic E-state index is 11.7. The van der Waals surface area contributed by atoms with Gasteiger partial charge in [-0.3, -0.25) is 4.79 Å². The van der Waals surface area contributed by atoms with Crippen LogP contribution in [0.4, 0.5) is 0 Å². The Balaban J connectivity index is 2.35. The van der Waals surface area contributed by atoms with E-state index < -0.39 is 0 Å². The Morgan fingerprint density at radius 1 is 1.22 bits per heavy atom. The molecule has 2 heteroatoms. The maximum Gasteiger partial charge on any atom is 0.137 e. The van der Waals surface area contributed by atoms with E-state index in [1.54, 1.807) is 0 Å². The number of Topliss-reactive ketones (excluding diaryl/α,β-unsaturated/α-hetero) is 1. The Labute approximate surface area is 110 Å². The van der Waals surface area contributed by atoms with Crippen molar-refractivity contribution in [1.82, 2.24) is 0 Å². The summed E-state index contributed by atoms with van der Waals surface area (Å²) in [6, 6.07) is 8.37. The molecule has 0 bridgehead atoms. The van der Waals surface area contributed by atoms with E-state index in [-0.39, 0.29) is 0 Å². The van der Waals surface area contributed by atoms with E-state index in [1.807, 2.05) is 6.92 Å². The molecule has 0 aliphatic carbocycles. The fourth-order valence-electron chi connectivity index (χ4n) is 1.85. The molecule has 1 rings (SSSR count). The first-order valence-corrected chi connectivity index (χ1v) is 6.81. The third-order valence-electron chi connectivity index (χ3n) is 3.00. The molecule has 2 nitrogen and oxygen atoms in total. The van der Waals surface area contributed by atoms with Gasteiger partial charge in [-0.05, 0) is 30.4 Å². The van der Waals surface area contributed by atoms with Gasteiger partial charge in [0, 0.05) is 26.1 Å². The van der Waals surface area contributed by atoms with Crippen LogP contribution in [-0.2, 0) is 16.0 Å². The Kier molecular flexibility index (Phi) is 6.66. The lowest BCUT2D eigenvalue weighted by Crippen LogP contribution is -2.05. The normalized spacial score (nSPS) is 10.9. The first kappa shape index (κ1) is 14.9. The third-order valence-corrected chi connectivity index (χ3v) is 3.00. The Bertz CT molecular complexity index is 352. The number of rotatable bonds is 8. The Hall–Kier alpha value is -1.15. The fourth-order valence-corrected chi connectivity index (χ4v) is 1.85. The SMILES string of the molecule is CCOCCCC(=O)Cc1ccc(C(C)C)cc1. The first-order chi connectivity index (χ1) is 8.63. The van der Waals surface area contributed by atoms with Crippen molar-refractivity contribution in [3.8, 4) is 0 Å². The third kappa shape index (κ3) is 5.46. The van der Waals surface area contributed by atoms with Crippen LogP contribution in [0.2, 0.25) is 0 Å². The van der Waals surface area contributed by atoms with Crippen LogP contribution in [0.5, 0.6) is 0 Å².